The van der Waals surface area contributed by atoms with E-state index in [-0.39, 0.29) is 17.7 Å². The lowest BCUT2D eigenvalue weighted by Gasteiger charge is -2.31. The molecule has 0 N–H and O–H groups in total. The van der Waals surface area contributed by atoms with Crippen molar-refractivity contribution in [1.29, 1.82) is 0 Å². The molecule has 0 aromatic carbocycles. The molecule has 0 bridgehead atoms. The second-order valence-electron chi connectivity index (χ2n) is 6.04. The van der Waals surface area contributed by atoms with Gasteiger partial charge in [-0.1, -0.05) is 6.92 Å². The van der Waals surface area contributed by atoms with Crippen molar-refractivity contribution >= 4 is 6.09 Å². The first-order valence-electron chi connectivity index (χ1n) is 6.51. The molecule has 4 heteroatoms. The maximum Gasteiger partial charge on any atom is 0.410 e. The zero-order chi connectivity index (χ0) is 12.7. The average molecular weight is 241 g/mol. The van der Waals surface area contributed by atoms with Crippen LogP contribution < -0.4 is 0 Å². The lowest BCUT2D eigenvalue weighted by molar-refractivity contribution is 0.0143. The fourth-order valence-electron chi connectivity index (χ4n) is 2.58. The van der Waals surface area contributed by atoms with Crippen LogP contribution in [0.3, 0.4) is 0 Å². The maximum atomic E-state index is 12.1. The average Bonchev–Trinajstić information content (AvgIpc) is 2.85. The van der Waals surface area contributed by atoms with Gasteiger partial charge in [0.15, 0.2) is 0 Å². The van der Waals surface area contributed by atoms with Gasteiger partial charge >= 0.3 is 6.09 Å². The van der Waals surface area contributed by atoms with Gasteiger partial charge in [-0.15, -0.1) is 0 Å². The van der Waals surface area contributed by atoms with Gasteiger partial charge in [0.25, 0.3) is 0 Å². The molecule has 17 heavy (non-hydrogen) atoms. The summed E-state index contributed by atoms with van der Waals surface area (Å²) in [6.45, 7) is 9.41. The number of epoxide rings is 1. The smallest absolute Gasteiger partial charge is 0.410 e. The highest BCUT2D eigenvalue weighted by Crippen LogP contribution is 2.42. The minimum Gasteiger partial charge on any atom is -0.444 e. The summed E-state index contributed by atoms with van der Waals surface area (Å²) < 4.78 is 11.0. The van der Waals surface area contributed by atoms with Crippen molar-refractivity contribution < 1.29 is 14.3 Å². The zero-order valence-electron chi connectivity index (χ0n) is 11.3. The fourth-order valence-corrected chi connectivity index (χ4v) is 2.58. The topological polar surface area (TPSA) is 42.1 Å². The lowest BCUT2D eigenvalue weighted by Crippen LogP contribution is -2.46. The molecule has 98 valence electrons. The first kappa shape index (κ1) is 12.7. The molecule has 2 aliphatic rings. The number of carbonyl (C=O) groups is 1. The van der Waals surface area contributed by atoms with E-state index >= 15 is 0 Å². The van der Waals surface area contributed by atoms with Gasteiger partial charge in [0.05, 0.1) is 12.6 Å². The summed E-state index contributed by atoms with van der Waals surface area (Å²) in [5.41, 5.74) is -0.499. The molecule has 4 nitrogen and oxygen atoms in total. The predicted molar refractivity (Wildman–Crippen MR) is 64.9 cm³/mol. The summed E-state index contributed by atoms with van der Waals surface area (Å²) in [6, 6.07) is 0.211. The third-order valence-electron chi connectivity index (χ3n) is 3.60. The van der Waals surface area contributed by atoms with E-state index in [9.17, 15) is 4.79 Å². The minimum absolute atomic E-state index is 0.0760. The third kappa shape index (κ3) is 2.57. The van der Waals surface area contributed by atoms with Crippen LogP contribution >= 0.6 is 0 Å². The van der Waals surface area contributed by atoms with E-state index in [2.05, 4.69) is 6.92 Å². The summed E-state index contributed by atoms with van der Waals surface area (Å²) in [5.74, 6) is 0. The summed E-state index contributed by atoms with van der Waals surface area (Å²) >= 11 is 0. The van der Waals surface area contributed by atoms with Gasteiger partial charge in [0, 0.05) is 6.54 Å². The Balaban J connectivity index is 2.02. The Morgan fingerprint density at radius 1 is 1.53 bits per heavy atom. The molecule has 1 amide bonds. The van der Waals surface area contributed by atoms with Crippen LogP contribution in [-0.4, -0.2) is 41.4 Å². The lowest BCUT2D eigenvalue weighted by atomic mass is 9.96. The highest BCUT2D eigenvalue weighted by Gasteiger charge is 2.55. The van der Waals surface area contributed by atoms with Gasteiger partial charge in [-0.3, -0.25) is 0 Å². The molecule has 2 atom stereocenters. The van der Waals surface area contributed by atoms with Gasteiger partial charge in [0.2, 0.25) is 0 Å². The number of ether oxygens (including phenoxy) is 2. The van der Waals surface area contributed by atoms with Gasteiger partial charge in [0.1, 0.15) is 11.2 Å². The molecular formula is C13H23NO3. The van der Waals surface area contributed by atoms with Crippen LogP contribution in [0.1, 0.15) is 47.0 Å². The van der Waals surface area contributed by atoms with E-state index in [0.29, 0.717) is 0 Å². The summed E-state index contributed by atoms with van der Waals surface area (Å²) in [4.78, 5) is 14.0. The Labute approximate surface area is 103 Å². The van der Waals surface area contributed by atoms with E-state index in [0.717, 1.165) is 32.4 Å². The van der Waals surface area contributed by atoms with Crippen LogP contribution in [0.25, 0.3) is 0 Å². The van der Waals surface area contributed by atoms with Crippen LogP contribution in [0.4, 0.5) is 4.79 Å². The highest BCUT2D eigenvalue weighted by atomic mass is 16.6. The molecule has 2 saturated heterocycles. The molecule has 0 saturated carbocycles. The van der Waals surface area contributed by atoms with Crippen LogP contribution in [0.2, 0.25) is 0 Å². The Morgan fingerprint density at radius 2 is 2.18 bits per heavy atom. The molecule has 0 aromatic heterocycles. The number of hydrogen-bond donors (Lipinski definition) is 0. The van der Waals surface area contributed by atoms with Crippen molar-refractivity contribution in [2.24, 2.45) is 0 Å². The molecule has 0 aromatic rings. The van der Waals surface area contributed by atoms with Crippen LogP contribution in [-0.2, 0) is 9.47 Å². The normalized spacial score (nSPS) is 32.7. The van der Waals surface area contributed by atoms with Gasteiger partial charge < -0.3 is 14.4 Å². The number of likely N-dealkylation sites (tertiary alicyclic amines) is 1. The molecular weight excluding hydrogens is 218 g/mol. The van der Waals surface area contributed by atoms with Crippen molar-refractivity contribution in [2.45, 2.75) is 64.2 Å². The first-order valence-corrected chi connectivity index (χ1v) is 6.51. The van der Waals surface area contributed by atoms with Crippen LogP contribution in [0.5, 0.6) is 0 Å². The largest absolute Gasteiger partial charge is 0.444 e. The SMILES string of the molecule is CC[C@]1([C@@H]2CCCN2C(=O)OC(C)(C)C)CO1. The summed E-state index contributed by atoms with van der Waals surface area (Å²) in [6.07, 6.45) is 2.86. The molecule has 2 aliphatic heterocycles. The minimum atomic E-state index is -0.423. The second kappa shape index (κ2) is 4.16. The van der Waals surface area contributed by atoms with E-state index < -0.39 is 5.60 Å². The van der Waals surface area contributed by atoms with Crippen molar-refractivity contribution in [3.05, 3.63) is 0 Å². The van der Waals surface area contributed by atoms with E-state index in [4.69, 9.17) is 9.47 Å². The summed E-state index contributed by atoms with van der Waals surface area (Å²) in [7, 11) is 0. The molecule has 0 spiro atoms. The van der Waals surface area contributed by atoms with E-state index in [1.807, 2.05) is 25.7 Å². The second-order valence-corrected chi connectivity index (χ2v) is 6.04. The number of amides is 1. The molecule has 0 unspecified atom stereocenters. The number of rotatable bonds is 2. The van der Waals surface area contributed by atoms with Gasteiger partial charge in [-0.2, -0.15) is 0 Å². The van der Waals surface area contributed by atoms with Crippen molar-refractivity contribution in [3.63, 3.8) is 0 Å². The number of nitrogens with zero attached hydrogens (tertiary/aromatic N) is 1. The highest BCUT2D eigenvalue weighted by molar-refractivity contribution is 5.69. The predicted octanol–water partition coefficient (Wildman–Crippen LogP) is 2.56. The van der Waals surface area contributed by atoms with Crippen molar-refractivity contribution in [2.75, 3.05) is 13.2 Å². The molecule has 2 fully saturated rings. The Morgan fingerprint density at radius 3 is 2.65 bits per heavy atom. The molecule has 0 aliphatic carbocycles. The maximum absolute atomic E-state index is 12.1. The quantitative estimate of drug-likeness (QED) is 0.698. The standard InChI is InChI=1S/C13H23NO3/c1-5-13(9-16-13)10-7-6-8-14(10)11(15)17-12(2,3)4/h10H,5-9H2,1-4H3/t10-,13+/m0/s1. The Bertz CT molecular complexity index is 304. The summed E-state index contributed by atoms with van der Waals surface area (Å²) in [5, 5.41) is 0. The molecule has 0 radical (unpaired) electrons. The van der Waals surface area contributed by atoms with Crippen molar-refractivity contribution in [3.8, 4) is 0 Å². The van der Waals surface area contributed by atoms with Gasteiger partial charge in [-0.25, -0.2) is 4.79 Å². The molecule has 2 rings (SSSR count). The Hall–Kier alpha value is -0.770. The number of hydrogen-bond acceptors (Lipinski definition) is 3. The number of carbonyl (C=O) groups excluding carboxylic acids is 1. The monoisotopic (exact) mass is 241 g/mol. The zero-order valence-corrected chi connectivity index (χ0v) is 11.3. The Kier molecular flexibility index (Phi) is 3.10. The van der Waals surface area contributed by atoms with E-state index in [1.54, 1.807) is 0 Å². The fraction of sp³-hybridized carbons (Fsp3) is 0.923. The van der Waals surface area contributed by atoms with Crippen molar-refractivity contribution in [1.82, 2.24) is 4.90 Å². The first-order chi connectivity index (χ1) is 7.88. The third-order valence-corrected chi connectivity index (χ3v) is 3.60. The van der Waals surface area contributed by atoms with Gasteiger partial charge in [-0.05, 0) is 40.0 Å². The van der Waals surface area contributed by atoms with Crippen LogP contribution in [0.15, 0.2) is 0 Å². The van der Waals surface area contributed by atoms with E-state index in [1.165, 1.54) is 0 Å². The van der Waals surface area contributed by atoms with Crippen LogP contribution in [0, 0.1) is 0 Å². The molecule has 2 heterocycles.